The average Bonchev–Trinajstić information content (AvgIpc) is 2.65. The highest BCUT2D eigenvalue weighted by atomic mass is 32.2. The molecule has 1 unspecified atom stereocenters. The van der Waals surface area contributed by atoms with Gasteiger partial charge in [-0.3, -0.25) is 4.79 Å². The highest BCUT2D eigenvalue weighted by Crippen LogP contribution is 2.28. The Kier molecular flexibility index (Phi) is 6.62. The maximum Gasteiger partial charge on any atom is 0.251 e. The van der Waals surface area contributed by atoms with Gasteiger partial charge in [-0.1, -0.05) is 44.2 Å². The molecule has 2 aromatic rings. The smallest absolute Gasteiger partial charge is 0.251 e. The second kappa shape index (κ2) is 8.54. The minimum atomic E-state index is -3.74. The summed E-state index contributed by atoms with van der Waals surface area (Å²) in [6.45, 7) is 4.04. The molecular weight excluding hydrogens is 364 g/mol. The molecule has 0 radical (unpaired) electrons. The van der Waals surface area contributed by atoms with Gasteiger partial charge in [0.2, 0.25) is 10.0 Å². The maximum absolute atomic E-state index is 12.8. The van der Waals surface area contributed by atoms with E-state index in [1.165, 1.54) is 33.3 Å². The summed E-state index contributed by atoms with van der Waals surface area (Å²) in [6, 6.07) is 13.9. The Bertz CT molecular complexity index is 893. The van der Waals surface area contributed by atoms with Gasteiger partial charge in [0.05, 0.1) is 13.2 Å². The fourth-order valence-corrected chi connectivity index (χ4v) is 3.81. The minimum Gasteiger partial charge on any atom is -0.495 e. The van der Waals surface area contributed by atoms with Crippen LogP contribution in [0.15, 0.2) is 53.4 Å². The number of carbonyl (C=O) groups is 1. The van der Waals surface area contributed by atoms with Crippen molar-refractivity contribution in [1.82, 2.24) is 9.62 Å². The second-order valence-electron chi connectivity index (χ2n) is 6.76. The van der Waals surface area contributed by atoms with Crippen LogP contribution in [0.1, 0.15) is 35.8 Å². The Morgan fingerprint density at radius 2 is 1.70 bits per heavy atom. The minimum absolute atomic E-state index is 0.0385. The lowest BCUT2D eigenvalue weighted by molar-refractivity contribution is 0.0925. The number of nitrogens with one attached hydrogen (secondary N) is 1. The number of sulfonamides is 1. The van der Waals surface area contributed by atoms with Crippen LogP contribution in [-0.4, -0.2) is 39.8 Å². The molecule has 0 bridgehead atoms. The van der Waals surface area contributed by atoms with Crippen LogP contribution in [0.25, 0.3) is 0 Å². The molecule has 6 nitrogen and oxygen atoms in total. The van der Waals surface area contributed by atoms with E-state index in [2.05, 4.69) is 5.32 Å². The predicted octanol–water partition coefficient (Wildman–Crippen LogP) is 3.07. The van der Waals surface area contributed by atoms with Crippen LogP contribution in [0, 0.1) is 5.92 Å². The third-order valence-corrected chi connectivity index (χ3v) is 6.13. The van der Waals surface area contributed by atoms with E-state index in [0.717, 1.165) is 9.87 Å². The third-order valence-electron chi connectivity index (χ3n) is 4.30. The molecule has 0 aliphatic heterocycles. The number of benzene rings is 2. The van der Waals surface area contributed by atoms with E-state index in [0.29, 0.717) is 0 Å². The van der Waals surface area contributed by atoms with Crippen LogP contribution in [0.2, 0.25) is 0 Å². The van der Waals surface area contributed by atoms with E-state index in [4.69, 9.17) is 4.74 Å². The molecule has 0 saturated heterocycles. The van der Waals surface area contributed by atoms with Crippen LogP contribution in [-0.2, 0) is 10.0 Å². The molecule has 0 aromatic heterocycles. The van der Waals surface area contributed by atoms with Crippen molar-refractivity contribution in [1.29, 1.82) is 0 Å². The topological polar surface area (TPSA) is 75.7 Å². The van der Waals surface area contributed by atoms with Crippen LogP contribution < -0.4 is 10.1 Å². The quantitative estimate of drug-likeness (QED) is 0.788. The van der Waals surface area contributed by atoms with Crippen molar-refractivity contribution in [3.8, 4) is 5.75 Å². The van der Waals surface area contributed by atoms with Crippen molar-refractivity contribution in [2.24, 2.45) is 5.92 Å². The molecule has 0 aliphatic rings. The Balaban J connectivity index is 2.39. The predicted molar refractivity (Wildman–Crippen MR) is 105 cm³/mol. The summed E-state index contributed by atoms with van der Waals surface area (Å²) in [6.07, 6.45) is 0. The summed E-state index contributed by atoms with van der Waals surface area (Å²) in [4.78, 5) is 12.8. The zero-order valence-electron chi connectivity index (χ0n) is 16.3. The second-order valence-corrected chi connectivity index (χ2v) is 8.88. The summed E-state index contributed by atoms with van der Waals surface area (Å²) in [5, 5.41) is 3.01. The largest absolute Gasteiger partial charge is 0.495 e. The normalized spacial score (nSPS) is 12.9. The van der Waals surface area contributed by atoms with Crippen LogP contribution in [0.5, 0.6) is 5.75 Å². The van der Waals surface area contributed by atoms with Crippen LogP contribution in [0.3, 0.4) is 0 Å². The Morgan fingerprint density at radius 1 is 1.07 bits per heavy atom. The SMILES string of the molecule is COc1ccc(C(=O)NC(c2ccccc2)C(C)C)cc1S(=O)(=O)N(C)C. The van der Waals surface area contributed by atoms with Crippen molar-refractivity contribution in [3.63, 3.8) is 0 Å². The Labute approximate surface area is 161 Å². The monoisotopic (exact) mass is 390 g/mol. The lowest BCUT2D eigenvalue weighted by Gasteiger charge is -2.23. The summed E-state index contributed by atoms with van der Waals surface area (Å²) < 4.78 is 31.4. The van der Waals surface area contributed by atoms with Gasteiger partial charge in [-0.15, -0.1) is 0 Å². The summed E-state index contributed by atoms with van der Waals surface area (Å²) in [7, 11) is 0.525. The molecule has 1 amide bonds. The van der Waals surface area contributed by atoms with Crippen molar-refractivity contribution < 1.29 is 17.9 Å². The molecule has 146 valence electrons. The lowest BCUT2D eigenvalue weighted by Crippen LogP contribution is -2.32. The van der Waals surface area contributed by atoms with Crippen molar-refractivity contribution >= 4 is 15.9 Å². The Morgan fingerprint density at radius 3 is 2.22 bits per heavy atom. The van der Waals surface area contributed by atoms with Crippen LogP contribution in [0.4, 0.5) is 0 Å². The zero-order chi connectivity index (χ0) is 20.2. The number of carbonyl (C=O) groups excluding carboxylic acids is 1. The Hall–Kier alpha value is -2.38. The molecule has 2 aromatic carbocycles. The van der Waals surface area contributed by atoms with Gasteiger partial charge in [0.25, 0.3) is 5.91 Å². The van der Waals surface area contributed by atoms with Gasteiger partial charge >= 0.3 is 0 Å². The molecule has 0 fully saturated rings. The standard InChI is InChI=1S/C20H26N2O4S/c1-14(2)19(15-9-7-6-8-10-15)21-20(23)16-11-12-17(26-5)18(13-16)27(24,25)22(3)4/h6-14,19H,1-5H3,(H,21,23). The first kappa shape index (κ1) is 20.9. The molecule has 27 heavy (non-hydrogen) atoms. The van der Waals surface area contributed by atoms with Crippen molar-refractivity contribution in [3.05, 3.63) is 59.7 Å². The number of hydrogen-bond donors (Lipinski definition) is 1. The van der Waals surface area contributed by atoms with Gasteiger partial charge in [0.15, 0.2) is 0 Å². The third kappa shape index (κ3) is 4.67. The van der Waals surface area contributed by atoms with Gasteiger partial charge in [-0.2, -0.15) is 0 Å². The highest BCUT2D eigenvalue weighted by Gasteiger charge is 2.25. The van der Waals surface area contributed by atoms with E-state index in [-0.39, 0.29) is 34.1 Å². The zero-order valence-corrected chi connectivity index (χ0v) is 17.1. The highest BCUT2D eigenvalue weighted by molar-refractivity contribution is 7.89. The average molecular weight is 391 g/mol. The molecule has 1 atom stereocenters. The molecule has 1 N–H and O–H groups in total. The molecule has 7 heteroatoms. The van der Waals surface area contributed by atoms with E-state index >= 15 is 0 Å². The maximum atomic E-state index is 12.8. The fourth-order valence-electron chi connectivity index (χ4n) is 2.74. The number of nitrogens with zero attached hydrogens (tertiary/aromatic N) is 1. The first-order valence-corrected chi connectivity index (χ1v) is 10.1. The summed E-state index contributed by atoms with van der Waals surface area (Å²) >= 11 is 0. The summed E-state index contributed by atoms with van der Waals surface area (Å²) in [5.74, 6) is 0.0266. The first-order chi connectivity index (χ1) is 12.7. The van der Waals surface area contributed by atoms with E-state index < -0.39 is 10.0 Å². The molecule has 2 rings (SSSR count). The number of ether oxygens (including phenoxy) is 1. The van der Waals surface area contributed by atoms with Crippen molar-refractivity contribution in [2.75, 3.05) is 21.2 Å². The van der Waals surface area contributed by atoms with Crippen LogP contribution >= 0.6 is 0 Å². The number of rotatable bonds is 7. The summed E-state index contributed by atoms with van der Waals surface area (Å²) in [5.41, 5.74) is 1.26. The molecule has 0 spiro atoms. The van der Waals surface area contributed by atoms with E-state index in [1.54, 1.807) is 6.07 Å². The van der Waals surface area contributed by atoms with Gasteiger partial charge < -0.3 is 10.1 Å². The van der Waals surface area contributed by atoms with Gasteiger partial charge in [0.1, 0.15) is 10.6 Å². The molecule has 0 saturated carbocycles. The van der Waals surface area contributed by atoms with Crippen molar-refractivity contribution in [2.45, 2.75) is 24.8 Å². The number of methoxy groups -OCH3 is 1. The molecule has 0 aliphatic carbocycles. The van der Waals surface area contributed by atoms with Gasteiger partial charge in [-0.25, -0.2) is 12.7 Å². The lowest BCUT2D eigenvalue weighted by atomic mass is 9.95. The first-order valence-electron chi connectivity index (χ1n) is 8.65. The van der Waals surface area contributed by atoms with E-state index in [1.807, 2.05) is 44.2 Å². The molecular formula is C20H26N2O4S. The van der Waals surface area contributed by atoms with E-state index in [9.17, 15) is 13.2 Å². The van der Waals surface area contributed by atoms with Gasteiger partial charge in [-0.05, 0) is 29.7 Å². The number of amides is 1. The number of hydrogen-bond acceptors (Lipinski definition) is 4. The van der Waals surface area contributed by atoms with Gasteiger partial charge in [0, 0.05) is 19.7 Å². The molecule has 0 heterocycles. The fraction of sp³-hybridized carbons (Fsp3) is 0.350.